The third-order valence-corrected chi connectivity index (χ3v) is 3.54. The van der Waals surface area contributed by atoms with Crippen LogP contribution in [0.5, 0.6) is 0 Å². The normalized spacial score (nSPS) is 10.3. The number of hydrogen-bond donors (Lipinski definition) is 0. The van der Waals surface area contributed by atoms with Gasteiger partial charge in [-0.15, -0.1) is 0 Å². The molecular weight excluding hydrogens is 294 g/mol. The summed E-state index contributed by atoms with van der Waals surface area (Å²) in [4.78, 5) is 24.9. The predicted molar refractivity (Wildman–Crippen MR) is 86.2 cm³/mol. The molecule has 6 nitrogen and oxygen atoms in total. The Balaban J connectivity index is 1.85. The number of likely N-dealkylation sites (N-methyl/N-ethyl adjacent to an activating group) is 1. The number of carbonyl (C=O) groups is 2. The van der Waals surface area contributed by atoms with Gasteiger partial charge in [-0.05, 0) is 24.1 Å². The number of nitrogens with zero attached hydrogens (tertiary/aromatic N) is 3. The number of para-hydroxylation sites is 1. The Morgan fingerprint density at radius 2 is 2.00 bits per heavy atom. The summed E-state index contributed by atoms with van der Waals surface area (Å²) in [5.41, 5.74) is 1.82. The van der Waals surface area contributed by atoms with Crippen molar-refractivity contribution in [3.8, 4) is 5.69 Å². The highest BCUT2D eigenvalue weighted by Gasteiger charge is 2.12. The highest BCUT2D eigenvalue weighted by Crippen LogP contribution is 2.09. The molecule has 2 rings (SSSR count). The van der Waals surface area contributed by atoms with Gasteiger partial charge in [0.05, 0.1) is 25.4 Å². The maximum Gasteiger partial charge on any atom is 0.305 e. The lowest BCUT2D eigenvalue weighted by Gasteiger charge is -2.16. The summed E-state index contributed by atoms with van der Waals surface area (Å²) < 4.78 is 6.33. The molecule has 6 heteroatoms. The molecule has 0 aliphatic heterocycles. The molecule has 2 aromatic rings. The summed E-state index contributed by atoms with van der Waals surface area (Å²) >= 11 is 0. The summed E-state index contributed by atoms with van der Waals surface area (Å²) in [5.74, 6) is -0.252. The third kappa shape index (κ3) is 4.95. The molecule has 0 atom stereocenters. The fourth-order valence-electron chi connectivity index (χ4n) is 2.17. The highest BCUT2D eigenvalue weighted by atomic mass is 16.5. The number of esters is 1. The van der Waals surface area contributed by atoms with E-state index >= 15 is 0 Å². The van der Waals surface area contributed by atoms with Crippen LogP contribution in [-0.2, 0) is 20.7 Å². The topological polar surface area (TPSA) is 64.4 Å². The molecule has 1 aromatic heterocycles. The molecule has 1 heterocycles. The van der Waals surface area contributed by atoms with Crippen molar-refractivity contribution in [1.82, 2.24) is 14.7 Å². The molecule has 0 aliphatic carbocycles. The number of rotatable bonds is 7. The van der Waals surface area contributed by atoms with E-state index in [9.17, 15) is 9.59 Å². The van der Waals surface area contributed by atoms with E-state index in [0.717, 1.165) is 11.3 Å². The number of benzene rings is 1. The van der Waals surface area contributed by atoms with E-state index < -0.39 is 0 Å². The second-order valence-electron chi connectivity index (χ2n) is 5.30. The Kier molecular flexibility index (Phi) is 5.91. The summed E-state index contributed by atoms with van der Waals surface area (Å²) in [7, 11) is 3.10. The van der Waals surface area contributed by atoms with Gasteiger partial charge in [0, 0.05) is 26.2 Å². The van der Waals surface area contributed by atoms with Crippen LogP contribution in [0.2, 0.25) is 0 Å². The van der Waals surface area contributed by atoms with E-state index in [-0.39, 0.29) is 11.9 Å². The van der Waals surface area contributed by atoms with Crippen molar-refractivity contribution in [3.05, 3.63) is 48.3 Å². The second kappa shape index (κ2) is 8.12. The lowest BCUT2D eigenvalue weighted by molar-refractivity contribution is -0.141. The Morgan fingerprint density at radius 1 is 1.26 bits per heavy atom. The van der Waals surface area contributed by atoms with Gasteiger partial charge in [0.15, 0.2) is 0 Å². The van der Waals surface area contributed by atoms with Gasteiger partial charge in [0.2, 0.25) is 5.91 Å². The van der Waals surface area contributed by atoms with Gasteiger partial charge in [-0.3, -0.25) is 9.59 Å². The summed E-state index contributed by atoms with van der Waals surface area (Å²) in [6, 6.07) is 9.74. The minimum absolute atomic E-state index is 0.00229. The van der Waals surface area contributed by atoms with Gasteiger partial charge < -0.3 is 9.64 Å². The van der Waals surface area contributed by atoms with Gasteiger partial charge >= 0.3 is 5.97 Å². The first-order valence-electron chi connectivity index (χ1n) is 7.50. The van der Waals surface area contributed by atoms with E-state index in [4.69, 9.17) is 0 Å². The highest BCUT2D eigenvalue weighted by molar-refractivity contribution is 5.78. The standard InChI is InChI=1S/C17H21N3O3/c1-19(10-6-9-17(22)23-2)16(21)11-14-12-18-20(13-14)15-7-4-3-5-8-15/h3-5,7-8,12-13H,6,9-11H2,1-2H3. The minimum Gasteiger partial charge on any atom is -0.469 e. The first-order chi connectivity index (χ1) is 11.1. The average Bonchev–Trinajstić information content (AvgIpc) is 3.03. The second-order valence-corrected chi connectivity index (χ2v) is 5.30. The molecule has 0 bridgehead atoms. The fourth-order valence-corrected chi connectivity index (χ4v) is 2.17. The predicted octanol–water partition coefficient (Wildman–Crippen LogP) is 1.83. The fraction of sp³-hybridized carbons (Fsp3) is 0.353. The molecule has 1 amide bonds. The number of hydrogen-bond acceptors (Lipinski definition) is 4. The van der Waals surface area contributed by atoms with Crippen LogP contribution in [0, 0.1) is 0 Å². The third-order valence-electron chi connectivity index (χ3n) is 3.54. The Morgan fingerprint density at radius 3 is 2.70 bits per heavy atom. The number of aromatic nitrogens is 2. The van der Waals surface area contributed by atoms with Crippen molar-refractivity contribution in [2.45, 2.75) is 19.3 Å². The molecule has 23 heavy (non-hydrogen) atoms. The van der Waals surface area contributed by atoms with Crippen LogP contribution in [-0.4, -0.2) is 47.3 Å². The Labute approximate surface area is 135 Å². The number of ether oxygens (including phenoxy) is 1. The van der Waals surface area contributed by atoms with Crippen LogP contribution in [0.15, 0.2) is 42.7 Å². The van der Waals surface area contributed by atoms with Crippen molar-refractivity contribution in [2.75, 3.05) is 20.7 Å². The van der Waals surface area contributed by atoms with E-state index in [2.05, 4.69) is 9.84 Å². The molecular formula is C17H21N3O3. The van der Waals surface area contributed by atoms with Crippen molar-refractivity contribution in [1.29, 1.82) is 0 Å². The van der Waals surface area contributed by atoms with E-state index in [1.807, 2.05) is 36.5 Å². The van der Waals surface area contributed by atoms with Crippen molar-refractivity contribution >= 4 is 11.9 Å². The van der Waals surface area contributed by atoms with Crippen LogP contribution in [0.25, 0.3) is 5.69 Å². The van der Waals surface area contributed by atoms with Crippen molar-refractivity contribution in [3.63, 3.8) is 0 Å². The zero-order valence-corrected chi connectivity index (χ0v) is 13.4. The molecule has 0 N–H and O–H groups in total. The number of carbonyl (C=O) groups excluding carboxylic acids is 2. The number of methoxy groups -OCH3 is 1. The quantitative estimate of drug-likeness (QED) is 0.731. The molecule has 0 saturated heterocycles. The smallest absolute Gasteiger partial charge is 0.305 e. The largest absolute Gasteiger partial charge is 0.469 e. The van der Waals surface area contributed by atoms with Gasteiger partial charge in [0.25, 0.3) is 0 Å². The summed E-state index contributed by atoms with van der Waals surface area (Å²) in [6.07, 6.45) is 4.77. The van der Waals surface area contributed by atoms with E-state index in [0.29, 0.717) is 25.8 Å². The molecule has 122 valence electrons. The monoisotopic (exact) mass is 315 g/mol. The minimum atomic E-state index is -0.255. The van der Waals surface area contributed by atoms with Crippen LogP contribution in [0.3, 0.4) is 0 Å². The first-order valence-corrected chi connectivity index (χ1v) is 7.50. The van der Waals surface area contributed by atoms with E-state index in [1.54, 1.807) is 22.8 Å². The Bertz CT molecular complexity index is 652. The van der Waals surface area contributed by atoms with Crippen molar-refractivity contribution < 1.29 is 14.3 Å². The van der Waals surface area contributed by atoms with Crippen LogP contribution in [0.1, 0.15) is 18.4 Å². The lowest BCUT2D eigenvalue weighted by atomic mass is 10.2. The van der Waals surface area contributed by atoms with Crippen LogP contribution < -0.4 is 0 Å². The lowest BCUT2D eigenvalue weighted by Crippen LogP contribution is -2.29. The molecule has 0 saturated carbocycles. The van der Waals surface area contributed by atoms with E-state index in [1.165, 1.54) is 7.11 Å². The van der Waals surface area contributed by atoms with Gasteiger partial charge in [0.1, 0.15) is 0 Å². The molecule has 0 spiro atoms. The molecule has 0 fully saturated rings. The molecule has 1 aromatic carbocycles. The maximum absolute atomic E-state index is 12.2. The first kappa shape index (κ1) is 16.7. The van der Waals surface area contributed by atoms with Crippen LogP contribution in [0.4, 0.5) is 0 Å². The molecule has 0 unspecified atom stereocenters. The maximum atomic E-state index is 12.2. The van der Waals surface area contributed by atoms with Gasteiger partial charge in [-0.25, -0.2) is 4.68 Å². The van der Waals surface area contributed by atoms with Crippen LogP contribution >= 0.6 is 0 Å². The van der Waals surface area contributed by atoms with Crippen molar-refractivity contribution in [2.24, 2.45) is 0 Å². The Hall–Kier alpha value is -2.63. The summed E-state index contributed by atoms with van der Waals surface area (Å²) in [5, 5.41) is 4.28. The van der Waals surface area contributed by atoms with Gasteiger partial charge in [-0.1, -0.05) is 18.2 Å². The zero-order chi connectivity index (χ0) is 16.7. The summed E-state index contributed by atoms with van der Waals surface area (Å²) in [6.45, 7) is 0.529. The zero-order valence-electron chi connectivity index (χ0n) is 13.4. The average molecular weight is 315 g/mol. The SMILES string of the molecule is COC(=O)CCCN(C)C(=O)Cc1cnn(-c2ccccc2)c1. The molecule has 0 radical (unpaired) electrons. The number of amides is 1. The molecule has 0 aliphatic rings. The van der Waals surface area contributed by atoms with Gasteiger partial charge in [-0.2, -0.15) is 5.10 Å².